The van der Waals surface area contributed by atoms with Crippen molar-refractivity contribution >= 4 is 11.6 Å². The molecule has 0 bridgehead atoms. The molecular weight excluding hydrogens is 264 g/mol. The van der Waals surface area contributed by atoms with Crippen LogP contribution in [0.3, 0.4) is 0 Å². The lowest BCUT2D eigenvalue weighted by molar-refractivity contribution is 0.0952. The van der Waals surface area contributed by atoms with E-state index >= 15 is 0 Å². The Labute approximate surface area is 125 Å². The summed E-state index contributed by atoms with van der Waals surface area (Å²) in [7, 11) is 4.04. The molecule has 2 aromatic rings. The third-order valence-electron chi connectivity index (χ3n) is 3.44. The molecule has 0 aliphatic heterocycles. The molecule has 0 unspecified atom stereocenters. The lowest BCUT2D eigenvalue weighted by atomic mass is 10.1. The van der Waals surface area contributed by atoms with E-state index in [4.69, 9.17) is 4.42 Å². The summed E-state index contributed by atoms with van der Waals surface area (Å²) >= 11 is 0. The first-order valence-electron chi connectivity index (χ1n) is 7.09. The van der Waals surface area contributed by atoms with E-state index in [2.05, 4.69) is 34.5 Å². The highest BCUT2D eigenvalue weighted by Gasteiger charge is 2.12. The maximum atomic E-state index is 12.0. The van der Waals surface area contributed by atoms with Crippen molar-refractivity contribution in [1.82, 2.24) is 5.32 Å². The van der Waals surface area contributed by atoms with Crippen LogP contribution in [0, 0.1) is 13.8 Å². The third kappa shape index (κ3) is 3.88. The number of benzene rings is 1. The Morgan fingerprint density at radius 2 is 1.86 bits per heavy atom. The number of furan rings is 1. The van der Waals surface area contributed by atoms with E-state index in [1.54, 1.807) is 6.07 Å². The average Bonchev–Trinajstić information content (AvgIpc) is 2.78. The standard InChI is InChI=1S/C17H22N2O2/c1-12-11-16(13(2)21-12)17(20)18-10-9-14-5-7-15(8-6-14)19(3)4/h5-8,11H,9-10H2,1-4H3,(H,18,20). The molecule has 0 saturated carbocycles. The van der Waals surface area contributed by atoms with Crippen LogP contribution in [-0.2, 0) is 6.42 Å². The van der Waals surface area contributed by atoms with E-state index in [9.17, 15) is 4.79 Å². The molecule has 0 saturated heterocycles. The minimum atomic E-state index is -0.0748. The quantitative estimate of drug-likeness (QED) is 0.919. The second-order valence-corrected chi connectivity index (χ2v) is 5.39. The molecule has 2 rings (SSSR count). The maximum Gasteiger partial charge on any atom is 0.254 e. The van der Waals surface area contributed by atoms with Gasteiger partial charge in [-0.3, -0.25) is 4.79 Å². The second kappa shape index (κ2) is 6.48. The van der Waals surface area contributed by atoms with Gasteiger partial charge in [-0.2, -0.15) is 0 Å². The van der Waals surface area contributed by atoms with Gasteiger partial charge in [-0.25, -0.2) is 0 Å². The molecule has 0 aliphatic rings. The third-order valence-corrected chi connectivity index (χ3v) is 3.44. The molecule has 1 heterocycles. The van der Waals surface area contributed by atoms with Crippen molar-refractivity contribution in [3.63, 3.8) is 0 Å². The topological polar surface area (TPSA) is 45.5 Å². The van der Waals surface area contributed by atoms with E-state index in [0.29, 0.717) is 17.9 Å². The van der Waals surface area contributed by atoms with Crippen LogP contribution in [0.1, 0.15) is 27.4 Å². The molecule has 1 amide bonds. The van der Waals surface area contributed by atoms with E-state index < -0.39 is 0 Å². The van der Waals surface area contributed by atoms with Crippen LogP contribution in [0.5, 0.6) is 0 Å². The zero-order valence-corrected chi connectivity index (χ0v) is 13.1. The predicted octanol–water partition coefficient (Wildman–Crippen LogP) is 2.93. The van der Waals surface area contributed by atoms with Gasteiger partial charge in [0.05, 0.1) is 5.56 Å². The first kappa shape index (κ1) is 15.2. The van der Waals surface area contributed by atoms with Gasteiger partial charge in [0, 0.05) is 26.3 Å². The van der Waals surface area contributed by atoms with Crippen molar-refractivity contribution in [3.8, 4) is 0 Å². The summed E-state index contributed by atoms with van der Waals surface area (Å²) < 4.78 is 5.37. The molecule has 0 spiro atoms. The molecule has 0 radical (unpaired) electrons. The summed E-state index contributed by atoms with van der Waals surface area (Å²) in [6, 6.07) is 10.1. The Morgan fingerprint density at radius 1 is 1.19 bits per heavy atom. The summed E-state index contributed by atoms with van der Waals surface area (Å²) in [5, 5.41) is 2.93. The Morgan fingerprint density at radius 3 is 2.38 bits per heavy atom. The largest absolute Gasteiger partial charge is 0.466 e. The fraction of sp³-hybridized carbons (Fsp3) is 0.353. The molecule has 1 aromatic carbocycles. The van der Waals surface area contributed by atoms with E-state index in [1.165, 1.54) is 11.3 Å². The van der Waals surface area contributed by atoms with Crippen LogP contribution in [-0.4, -0.2) is 26.5 Å². The number of hydrogen-bond donors (Lipinski definition) is 1. The fourth-order valence-corrected chi connectivity index (χ4v) is 2.23. The number of nitrogens with one attached hydrogen (secondary N) is 1. The maximum absolute atomic E-state index is 12.0. The summed E-state index contributed by atoms with van der Waals surface area (Å²) in [4.78, 5) is 14.1. The molecule has 0 atom stereocenters. The first-order valence-corrected chi connectivity index (χ1v) is 7.09. The molecular formula is C17H22N2O2. The van der Waals surface area contributed by atoms with Gasteiger partial charge in [-0.05, 0) is 44.0 Å². The Bertz CT molecular complexity index is 612. The summed E-state index contributed by atoms with van der Waals surface area (Å²) in [6.07, 6.45) is 0.815. The highest BCUT2D eigenvalue weighted by Crippen LogP contribution is 2.14. The van der Waals surface area contributed by atoms with E-state index in [0.717, 1.165) is 12.2 Å². The number of hydrogen-bond acceptors (Lipinski definition) is 3. The number of carbonyl (C=O) groups is 1. The number of anilines is 1. The first-order chi connectivity index (χ1) is 9.97. The van der Waals surface area contributed by atoms with E-state index in [-0.39, 0.29) is 5.91 Å². The highest BCUT2D eigenvalue weighted by molar-refractivity contribution is 5.95. The number of aryl methyl sites for hydroxylation is 2. The van der Waals surface area contributed by atoms with Crippen molar-refractivity contribution < 1.29 is 9.21 Å². The van der Waals surface area contributed by atoms with Crippen LogP contribution in [0.2, 0.25) is 0 Å². The Hall–Kier alpha value is -2.23. The minimum absolute atomic E-state index is 0.0748. The van der Waals surface area contributed by atoms with Gasteiger partial charge >= 0.3 is 0 Å². The molecule has 4 nitrogen and oxygen atoms in total. The van der Waals surface area contributed by atoms with Crippen molar-refractivity contribution in [1.29, 1.82) is 0 Å². The van der Waals surface area contributed by atoms with Gasteiger partial charge in [-0.15, -0.1) is 0 Å². The Balaban J connectivity index is 1.86. The number of carbonyl (C=O) groups excluding carboxylic acids is 1. The molecule has 0 fully saturated rings. The van der Waals surface area contributed by atoms with Crippen molar-refractivity contribution in [2.45, 2.75) is 20.3 Å². The van der Waals surface area contributed by atoms with E-state index in [1.807, 2.05) is 27.9 Å². The Kier molecular flexibility index (Phi) is 4.68. The van der Waals surface area contributed by atoms with Crippen LogP contribution >= 0.6 is 0 Å². The van der Waals surface area contributed by atoms with Gasteiger partial charge in [0.1, 0.15) is 11.5 Å². The lowest BCUT2D eigenvalue weighted by Gasteiger charge is -2.12. The second-order valence-electron chi connectivity index (χ2n) is 5.39. The predicted molar refractivity (Wildman–Crippen MR) is 85.0 cm³/mol. The van der Waals surface area contributed by atoms with Crippen molar-refractivity contribution in [2.75, 3.05) is 25.5 Å². The zero-order valence-electron chi connectivity index (χ0n) is 13.1. The smallest absolute Gasteiger partial charge is 0.254 e. The molecule has 4 heteroatoms. The van der Waals surface area contributed by atoms with Gasteiger partial charge in [-0.1, -0.05) is 12.1 Å². The lowest BCUT2D eigenvalue weighted by Crippen LogP contribution is -2.25. The number of rotatable bonds is 5. The number of amides is 1. The number of nitrogens with zero attached hydrogens (tertiary/aromatic N) is 1. The van der Waals surface area contributed by atoms with Crippen molar-refractivity contribution in [2.24, 2.45) is 0 Å². The van der Waals surface area contributed by atoms with Gasteiger partial charge < -0.3 is 14.6 Å². The highest BCUT2D eigenvalue weighted by atomic mass is 16.3. The van der Waals surface area contributed by atoms with Gasteiger partial charge in [0.25, 0.3) is 5.91 Å². The summed E-state index contributed by atoms with van der Waals surface area (Å²) in [5.74, 6) is 1.35. The summed E-state index contributed by atoms with van der Waals surface area (Å²) in [6.45, 7) is 4.27. The SMILES string of the molecule is Cc1cc(C(=O)NCCc2ccc(N(C)C)cc2)c(C)o1. The van der Waals surface area contributed by atoms with Crippen LogP contribution in [0.25, 0.3) is 0 Å². The normalized spacial score (nSPS) is 10.5. The van der Waals surface area contributed by atoms with Gasteiger partial charge in [0.15, 0.2) is 0 Å². The zero-order chi connectivity index (χ0) is 15.4. The molecule has 21 heavy (non-hydrogen) atoms. The molecule has 112 valence electrons. The molecule has 1 N–H and O–H groups in total. The molecule has 1 aromatic heterocycles. The monoisotopic (exact) mass is 286 g/mol. The fourth-order valence-electron chi connectivity index (χ4n) is 2.23. The van der Waals surface area contributed by atoms with Crippen LogP contribution < -0.4 is 10.2 Å². The minimum Gasteiger partial charge on any atom is -0.466 e. The van der Waals surface area contributed by atoms with Crippen molar-refractivity contribution in [3.05, 3.63) is 53.0 Å². The summed E-state index contributed by atoms with van der Waals surface area (Å²) in [5.41, 5.74) is 3.00. The van der Waals surface area contributed by atoms with Gasteiger partial charge in [0.2, 0.25) is 0 Å². The molecule has 0 aliphatic carbocycles. The van der Waals surface area contributed by atoms with Crippen LogP contribution in [0.15, 0.2) is 34.7 Å². The average molecular weight is 286 g/mol. The van der Waals surface area contributed by atoms with Crippen LogP contribution in [0.4, 0.5) is 5.69 Å².